The van der Waals surface area contributed by atoms with Crippen LogP contribution in [0.15, 0.2) is 55.0 Å². The lowest BCUT2D eigenvalue weighted by Crippen LogP contribution is -1.98. The normalized spacial score (nSPS) is 10.5. The molecular formula is C17H13Cl2N3O. The second-order valence-electron chi connectivity index (χ2n) is 4.87. The first-order valence-electron chi connectivity index (χ1n) is 6.86. The van der Waals surface area contributed by atoms with Gasteiger partial charge in [-0.3, -0.25) is 4.98 Å². The first kappa shape index (κ1) is 15.6. The molecule has 0 saturated carbocycles. The minimum atomic E-state index is 0.266. The van der Waals surface area contributed by atoms with Crippen LogP contribution in [0.1, 0.15) is 5.56 Å². The van der Waals surface area contributed by atoms with Crippen molar-refractivity contribution >= 4 is 29.0 Å². The zero-order valence-corrected chi connectivity index (χ0v) is 13.6. The quantitative estimate of drug-likeness (QED) is 0.749. The van der Waals surface area contributed by atoms with Gasteiger partial charge in [-0.05, 0) is 35.9 Å². The Balaban J connectivity index is 1.81. The molecule has 2 aromatic heterocycles. The monoisotopic (exact) mass is 345 g/mol. The number of nitrogens with zero attached hydrogens (tertiary/aromatic N) is 2. The number of halogens is 2. The number of ether oxygens (including phenoxy) is 1. The zero-order valence-electron chi connectivity index (χ0n) is 12.0. The molecule has 3 rings (SSSR count). The zero-order chi connectivity index (χ0) is 16.2. The lowest BCUT2D eigenvalue weighted by atomic mass is 10.1. The summed E-state index contributed by atoms with van der Waals surface area (Å²) in [6.45, 7) is 0.266. The Bertz CT molecular complexity index is 819. The number of aromatic nitrogens is 2. The van der Waals surface area contributed by atoms with Crippen LogP contribution in [0.4, 0.5) is 5.82 Å². The molecule has 0 unspecified atom stereocenters. The van der Waals surface area contributed by atoms with Crippen molar-refractivity contribution in [3.05, 3.63) is 70.6 Å². The second kappa shape index (κ2) is 6.86. The highest BCUT2D eigenvalue weighted by atomic mass is 35.5. The first-order valence-corrected chi connectivity index (χ1v) is 7.62. The molecule has 0 aliphatic carbocycles. The number of hydrogen-bond acceptors (Lipinski definition) is 4. The highest BCUT2D eigenvalue weighted by Gasteiger charge is 2.07. The van der Waals surface area contributed by atoms with Crippen LogP contribution >= 0.6 is 23.2 Å². The van der Waals surface area contributed by atoms with Gasteiger partial charge in [-0.1, -0.05) is 29.3 Å². The Hall–Kier alpha value is -2.30. The first-order chi connectivity index (χ1) is 11.1. The van der Waals surface area contributed by atoms with Gasteiger partial charge < -0.3 is 10.5 Å². The van der Waals surface area contributed by atoms with Crippen LogP contribution in [0.2, 0.25) is 10.0 Å². The van der Waals surface area contributed by atoms with Gasteiger partial charge in [-0.25, -0.2) is 4.98 Å². The van der Waals surface area contributed by atoms with Crippen molar-refractivity contribution in [1.82, 2.24) is 9.97 Å². The molecule has 0 aliphatic rings. The number of hydrogen-bond donors (Lipinski definition) is 1. The Morgan fingerprint density at radius 2 is 1.78 bits per heavy atom. The highest BCUT2D eigenvalue weighted by molar-refractivity contribution is 6.35. The molecule has 0 spiro atoms. The molecule has 0 saturated heterocycles. The Kier molecular flexibility index (Phi) is 4.65. The summed E-state index contributed by atoms with van der Waals surface area (Å²) in [5.41, 5.74) is 8.27. The third-order valence-electron chi connectivity index (χ3n) is 3.27. The van der Waals surface area contributed by atoms with Crippen LogP contribution in [0.3, 0.4) is 0 Å². The molecule has 0 amide bonds. The Morgan fingerprint density at radius 1 is 1.00 bits per heavy atom. The van der Waals surface area contributed by atoms with E-state index in [0.29, 0.717) is 21.6 Å². The number of nitrogen functional groups attached to an aromatic ring is 1. The number of anilines is 1. The molecule has 1 aromatic carbocycles. The van der Waals surface area contributed by atoms with Crippen LogP contribution < -0.4 is 10.5 Å². The van der Waals surface area contributed by atoms with E-state index < -0.39 is 0 Å². The van der Waals surface area contributed by atoms with E-state index >= 15 is 0 Å². The third kappa shape index (κ3) is 3.73. The number of nitrogens with two attached hydrogens (primary N) is 1. The van der Waals surface area contributed by atoms with E-state index in [-0.39, 0.29) is 6.61 Å². The maximum atomic E-state index is 6.14. The van der Waals surface area contributed by atoms with Crippen LogP contribution in [0, 0.1) is 0 Å². The van der Waals surface area contributed by atoms with Crippen LogP contribution in [0.5, 0.6) is 5.75 Å². The average Bonchev–Trinajstić information content (AvgIpc) is 2.55. The van der Waals surface area contributed by atoms with Crippen molar-refractivity contribution in [1.29, 1.82) is 0 Å². The van der Waals surface area contributed by atoms with Crippen molar-refractivity contribution in [2.75, 3.05) is 5.73 Å². The van der Waals surface area contributed by atoms with Crippen LogP contribution in [-0.4, -0.2) is 9.97 Å². The van der Waals surface area contributed by atoms with E-state index in [1.54, 1.807) is 42.9 Å². The highest BCUT2D eigenvalue weighted by Crippen LogP contribution is 2.27. The molecule has 116 valence electrons. The van der Waals surface area contributed by atoms with Gasteiger partial charge in [-0.2, -0.15) is 0 Å². The lowest BCUT2D eigenvalue weighted by molar-refractivity contribution is 0.305. The van der Waals surface area contributed by atoms with Gasteiger partial charge in [-0.15, -0.1) is 0 Å². The summed E-state index contributed by atoms with van der Waals surface area (Å²) >= 11 is 12.3. The molecular weight excluding hydrogens is 333 g/mol. The van der Waals surface area contributed by atoms with Gasteiger partial charge in [0.15, 0.2) is 0 Å². The molecule has 3 aromatic rings. The van der Waals surface area contributed by atoms with E-state index in [1.807, 2.05) is 12.1 Å². The van der Waals surface area contributed by atoms with Crippen molar-refractivity contribution in [3.63, 3.8) is 0 Å². The minimum Gasteiger partial charge on any atom is -0.487 e. The summed E-state index contributed by atoms with van der Waals surface area (Å²) in [7, 11) is 0. The second-order valence-corrected chi connectivity index (χ2v) is 5.68. The summed E-state index contributed by atoms with van der Waals surface area (Å²) in [4.78, 5) is 8.18. The molecule has 23 heavy (non-hydrogen) atoms. The molecule has 2 heterocycles. The van der Waals surface area contributed by atoms with Crippen LogP contribution in [0.25, 0.3) is 11.1 Å². The van der Waals surface area contributed by atoms with E-state index in [0.717, 1.165) is 16.7 Å². The summed E-state index contributed by atoms with van der Waals surface area (Å²) in [6, 6.07) is 10.9. The van der Waals surface area contributed by atoms with Crippen molar-refractivity contribution in [2.45, 2.75) is 6.61 Å². The molecule has 2 N–H and O–H groups in total. The summed E-state index contributed by atoms with van der Waals surface area (Å²) in [5, 5.41) is 1.15. The molecule has 6 heteroatoms. The standard InChI is InChI=1S/C17H13Cl2N3O/c18-15-2-1-3-16(19)14(15)10-23-13-6-12(8-21-9-13)11-4-5-22-17(20)7-11/h1-9H,10H2,(H2,20,22). The molecule has 0 fully saturated rings. The Morgan fingerprint density at radius 3 is 2.52 bits per heavy atom. The molecule has 0 radical (unpaired) electrons. The fraction of sp³-hybridized carbons (Fsp3) is 0.0588. The van der Waals surface area contributed by atoms with Crippen molar-refractivity contribution in [2.24, 2.45) is 0 Å². The predicted octanol–water partition coefficient (Wildman–Crippen LogP) is 4.61. The average molecular weight is 346 g/mol. The maximum Gasteiger partial charge on any atom is 0.138 e. The fourth-order valence-corrected chi connectivity index (χ4v) is 2.62. The van der Waals surface area contributed by atoms with Gasteiger partial charge in [0.05, 0.1) is 6.20 Å². The molecule has 4 nitrogen and oxygen atoms in total. The number of pyridine rings is 2. The van der Waals surface area contributed by atoms with Gasteiger partial charge in [0.1, 0.15) is 18.2 Å². The van der Waals surface area contributed by atoms with Gasteiger partial charge >= 0.3 is 0 Å². The fourth-order valence-electron chi connectivity index (χ4n) is 2.11. The molecule has 0 atom stereocenters. The van der Waals surface area contributed by atoms with E-state index in [1.165, 1.54) is 0 Å². The van der Waals surface area contributed by atoms with E-state index in [2.05, 4.69) is 9.97 Å². The summed E-state index contributed by atoms with van der Waals surface area (Å²) in [5.74, 6) is 1.07. The van der Waals surface area contributed by atoms with Crippen molar-refractivity contribution in [3.8, 4) is 16.9 Å². The molecule has 0 aliphatic heterocycles. The third-order valence-corrected chi connectivity index (χ3v) is 3.98. The van der Waals surface area contributed by atoms with E-state index in [4.69, 9.17) is 33.7 Å². The largest absolute Gasteiger partial charge is 0.487 e. The maximum absolute atomic E-state index is 6.14. The van der Waals surface area contributed by atoms with Gasteiger partial charge in [0, 0.05) is 33.6 Å². The van der Waals surface area contributed by atoms with Crippen molar-refractivity contribution < 1.29 is 4.74 Å². The number of benzene rings is 1. The topological polar surface area (TPSA) is 61.0 Å². The summed E-state index contributed by atoms with van der Waals surface area (Å²) < 4.78 is 5.77. The van der Waals surface area contributed by atoms with Gasteiger partial charge in [0.2, 0.25) is 0 Å². The Labute approximate surface area is 143 Å². The minimum absolute atomic E-state index is 0.266. The van der Waals surface area contributed by atoms with E-state index in [9.17, 15) is 0 Å². The molecule has 0 bridgehead atoms. The smallest absolute Gasteiger partial charge is 0.138 e. The predicted molar refractivity (Wildman–Crippen MR) is 92.7 cm³/mol. The number of rotatable bonds is 4. The lowest BCUT2D eigenvalue weighted by Gasteiger charge is -2.10. The SMILES string of the molecule is Nc1cc(-c2cncc(OCc3c(Cl)cccc3Cl)c2)ccn1. The summed E-state index contributed by atoms with van der Waals surface area (Å²) in [6.07, 6.45) is 5.03. The van der Waals surface area contributed by atoms with Gasteiger partial charge in [0.25, 0.3) is 0 Å². The van der Waals surface area contributed by atoms with Crippen LogP contribution in [-0.2, 0) is 6.61 Å².